The Kier molecular flexibility index (Phi) is 4.51. The summed E-state index contributed by atoms with van der Waals surface area (Å²) in [6.45, 7) is 3.05. The van der Waals surface area contributed by atoms with Gasteiger partial charge in [-0.15, -0.1) is 0 Å². The van der Waals surface area contributed by atoms with Gasteiger partial charge in [-0.25, -0.2) is 9.59 Å². The number of carboxylic acid groups (broad SMARTS) is 1. The van der Waals surface area contributed by atoms with E-state index in [0.717, 1.165) is 0 Å². The van der Waals surface area contributed by atoms with E-state index in [4.69, 9.17) is 5.11 Å². The van der Waals surface area contributed by atoms with E-state index in [1.54, 1.807) is 6.92 Å². The van der Waals surface area contributed by atoms with Crippen LogP contribution >= 0.6 is 0 Å². The number of methoxy groups -OCH3 is 1. The minimum absolute atomic E-state index is 0.0958. The number of hydrogen-bond acceptors (Lipinski definition) is 3. The molecule has 0 aromatic rings. The predicted molar refractivity (Wildman–Crippen MR) is 47.2 cm³/mol. The highest BCUT2D eigenvalue weighted by Crippen LogP contribution is 2.04. The topological polar surface area (TPSA) is 63.6 Å². The van der Waals surface area contributed by atoms with Gasteiger partial charge >= 0.3 is 11.9 Å². The van der Waals surface area contributed by atoms with Gasteiger partial charge in [0, 0.05) is 5.57 Å². The lowest BCUT2D eigenvalue weighted by Gasteiger charge is -1.99. The molecule has 0 aliphatic carbocycles. The summed E-state index contributed by atoms with van der Waals surface area (Å²) in [7, 11) is 1.25. The van der Waals surface area contributed by atoms with Crippen molar-refractivity contribution in [1.29, 1.82) is 0 Å². The molecule has 0 spiro atoms. The number of esters is 1. The Labute approximate surface area is 76.5 Å². The summed E-state index contributed by atoms with van der Waals surface area (Å²) in [5.41, 5.74) is 0.334. The Morgan fingerprint density at radius 3 is 2.23 bits per heavy atom. The number of carbonyl (C=O) groups excluding carboxylic acids is 1. The average molecular weight is 184 g/mol. The summed E-state index contributed by atoms with van der Waals surface area (Å²) in [5.74, 6) is -1.59. The molecule has 0 rings (SSSR count). The highest BCUT2D eigenvalue weighted by molar-refractivity contribution is 5.95. The van der Waals surface area contributed by atoms with Crippen molar-refractivity contribution in [1.82, 2.24) is 0 Å². The average Bonchev–Trinajstić information content (AvgIpc) is 2.12. The van der Waals surface area contributed by atoms with Crippen molar-refractivity contribution in [2.75, 3.05) is 7.11 Å². The molecule has 0 fully saturated rings. The summed E-state index contributed by atoms with van der Waals surface area (Å²) in [4.78, 5) is 21.4. The fourth-order valence-corrected chi connectivity index (χ4v) is 0.673. The van der Waals surface area contributed by atoms with Crippen LogP contribution in [0.1, 0.15) is 13.8 Å². The molecule has 13 heavy (non-hydrogen) atoms. The molecule has 0 bridgehead atoms. The van der Waals surface area contributed by atoms with Gasteiger partial charge in [0.2, 0.25) is 0 Å². The van der Waals surface area contributed by atoms with E-state index in [1.165, 1.54) is 26.2 Å². The van der Waals surface area contributed by atoms with Crippen molar-refractivity contribution in [3.63, 3.8) is 0 Å². The summed E-state index contributed by atoms with van der Waals surface area (Å²) < 4.78 is 4.44. The minimum Gasteiger partial charge on any atom is -0.478 e. The molecule has 0 saturated heterocycles. The summed E-state index contributed by atoms with van der Waals surface area (Å²) in [6, 6.07) is 0. The van der Waals surface area contributed by atoms with Gasteiger partial charge in [0.25, 0.3) is 0 Å². The van der Waals surface area contributed by atoms with Crippen LogP contribution in [0.3, 0.4) is 0 Å². The molecule has 0 saturated carbocycles. The van der Waals surface area contributed by atoms with Gasteiger partial charge in [-0.05, 0) is 19.9 Å². The number of carbonyl (C=O) groups is 2. The maximum Gasteiger partial charge on any atom is 0.337 e. The first-order valence-electron chi connectivity index (χ1n) is 3.69. The number of allylic oxidation sites excluding steroid dienone is 1. The van der Waals surface area contributed by atoms with Gasteiger partial charge in [0.15, 0.2) is 0 Å². The van der Waals surface area contributed by atoms with Gasteiger partial charge in [-0.2, -0.15) is 0 Å². The third kappa shape index (κ3) is 3.55. The predicted octanol–water partition coefficient (Wildman–Crippen LogP) is 1.14. The van der Waals surface area contributed by atoms with Crippen LogP contribution in [0, 0.1) is 0 Å². The first kappa shape index (κ1) is 11.4. The molecular weight excluding hydrogens is 172 g/mol. The zero-order chi connectivity index (χ0) is 10.4. The van der Waals surface area contributed by atoms with Crippen LogP contribution in [0.15, 0.2) is 23.3 Å². The second-order valence-corrected chi connectivity index (χ2v) is 2.37. The molecule has 0 heterocycles. The van der Waals surface area contributed by atoms with Gasteiger partial charge in [0.1, 0.15) is 0 Å². The smallest absolute Gasteiger partial charge is 0.337 e. The lowest BCUT2D eigenvalue weighted by atomic mass is 10.1. The van der Waals surface area contributed by atoms with Crippen LogP contribution in [0.2, 0.25) is 0 Å². The highest BCUT2D eigenvalue weighted by Gasteiger charge is 2.08. The van der Waals surface area contributed by atoms with Gasteiger partial charge in [-0.3, -0.25) is 0 Å². The van der Waals surface area contributed by atoms with E-state index in [1.807, 2.05) is 0 Å². The van der Waals surface area contributed by atoms with E-state index in [9.17, 15) is 9.59 Å². The third-order valence-corrected chi connectivity index (χ3v) is 1.44. The second-order valence-electron chi connectivity index (χ2n) is 2.37. The molecule has 1 N–H and O–H groups in total. The first-order chi connectivity index (χ1) is 6.02. The van der Waals surface area contributed by atoms with Crippen molar-refractivity contribution < 1.29 is 19.4 Å². The molecule has 0 aliphatic rings. The van der Waals surface area contributed by atoms with Crippen molar-refractivity contribution in [2.45, 2.75) is 13.8 Å². The number of ether oxygens (including phenoxy) is 1. The molecule has 0 radical (unpaired) electrons. The normalized spacial score (nSPS) is 12.5. The lowest BCUT2D eigenvalue weighted by Crippen LogP contribution is -2.05. The van der Waals surface area contributed by atoms with E-state index < -0.39 is 11.9 Å². The van der Waals surface area contributed by atoms with Gasteiger partial charge < -0.3 is 9.84 Å². The van der Waals surface area contributed by atoms with Crippen molar-refractivity contribution >= 4 is 11.9 Å². The Bertz CT molecular complexity index is 273. The van der Waals surface area contributed by atoms with Crippen LogP contribution in [0.5, 0.6) is 0 Å². The maximum absolute atomic E-state index is 11.0. The van der Waals surface area contributed by atoms with Crippen molar-refractivity contribution in [3.05, 3.63) is 23.3 Å². The fourth-order valence-electron chi connectivity index (χ4n) is 0.673. The zero-order valence-electron chi connectivity index (χ0n) is 7.83. The van der Waals surface area contributed by atoms with E-state index >= 15 is 0 Å². The standard InChI is InChI=1S/C9H12O4/c1-4-7(9(12)13-3)5-6(2)8(10)11/h4-5H,1-3H3,(H,10,11). The lowest BCUT2D eigenvalue weighted by molar-refractivity contribution is -0.135. The molecule has 0 aliphatic heterocycles. The molecule has 0 aromatic carbocycles. The summed E-state index contributed by atoms with van der Waals surface area (Å²) in [6.07, 6.45) is 2.77. The molecule has 72 valence electrons. The van der Waals surface area contributed by atoms with Crippen LogP contribution in [-0.4, -0.2) is 24.2 Å². The molecule has 0 atom stereocenters. The van der Waals surface area contributed by atoms with Crippen LogP contribution in [-0.2, 0) is 14.3 Å². The quantitative estimate of drug-likeness (QED) is 0.406. The molecule has 0 aromatic heterocycles. The number of hydrogen-bond donors (Lipinski definition) is 1. The highest BCUT2D eigenvalue weighted by atomic mass is 16.5. The van der Waals surface area contributed by atoms with E-state index in [-0.39, 0.29) is 11.1 Å². The largest absolute Gasteiger partial charge is 0.478 e. The van der Waals surface area contributed by atoms with E-state index in [0.29, 0.717) is 0 Å². The fraction of sp³-hybridized carbons (Fsp3) is 0.333. The van der Waals surface area contributed by atoms with Crippen LogP contribution in [0.25, 0.3) is 0 Å². The third-order valence-electron chi connectivity index (χ3n) is 1.44. The minimum atomic E-state index is -1.05. The molecule has 0 amide bonds. The van der Waals surface area contributed by atoms with Crippen LogP contribution < -0.4 is 0 Å². The van der Waals surface area contributed by atoms with Gasteiger partial charge in [0.05, 0.1) is 12.7 Å². The Hall–Kier alpha value is -1.58. The molecule has 4 heteroatoms. The van der Waals surface area contributed by atoms with Crippen molar-refractivity contribution in [3.8, 4) is 0 Å². The SMILES string of the molecule is CC=C(C=C(C)C(=O)O)C(=O)OC. The maximum atomic E-state index is 11.0. The van der Waals surface area contributed by atoms with Gasteiger partial charge in [-0.1, -0.05) is 6.08 Å². The zero-order valence-corrected chi connectivity index (χ0v) is 7.83. The monoisotopic (exact) mass is 184 g/mol. The second kappa shape index (κ2) is 5.13. The Balaban J connectivity index is 4.75. The van der Waals surface area contributed by atoms with Crippen LogP contribution in [0.4, 0.5) is 0 Å². The first-order valence-corrected chi connectivity index (χ1v) is 3.69. The van der Waals surface area contributed by atoms with Crippen molar-refractivity contribution in [2.24, 2.45) is 0 Å². The van der Waals surface area contributed by atoms with E-state index in [2.05, 4.69) is 4.74 Å². The number of rotatable bonds is 3. The Morgan fingerprint density at radius 1 is 1.38 bits per heavy atom. The summed E-state index contributed by atoms with van der Waals surface area (Å²) >= 11 is 0. The Morgan fingerprint density at radius 2 is 1.92 bits per heavy atom. The molecule has 4 nitrogen and oxygen atoms in total. The summed E-state index contributed by atoms with van der Waals surface area (Å²) in [5, 5.41) is 8.53. The number of carboxylic acids is 1. The number of aliphatic carboxylic acids is 1. The molecular formula is C9H12O4. The molecule has 0 unspecified atom stereocenters.